The van der Waals surface area contributed by atoms with E-state index >= 15 is 0 Å². The quantitative estimate of drug-likeness (QED) is 0.506. The predicted octanol–water partition coefficient (Wildman–Crippen LogP) is 1.91. The molecule has 2 N–H and O–H groups in total. The maximum Gasteiger partial charge on any atom is 0.191 e. The average molecular weight is 314 g/mol. The van der Waals surface area contributed by atoms with Gasteiger partial charge in [-0.2, -0.15) is 0 Å². The second-order valence-corrected chi connectivity index (χ2v) is 5.94. The number of nitrogens with one attached hydrogen (secondary N) is 2. The maximum atomic E-state index is 5.46. The largest absolute Gasteiger partial charge is 0.378 e. The van der Waals surface area contributed by atoms with E-state index in [0.29, 0.717) is 6.04 Å². The van der Waals surface area contributed by atoms with Crippen molar-refractivity contribution in [1.82, 2.24) is 10.6 Å². The smallest absolute Gasteiger partial charge is 0.191 e. The van der Waals surface area contributed by atoms with Gasteiger partial charge in [-0.3, -0.25) is 4.99 Å². The van der Waals surface area contributed by atoms with Crippen molar-refractivity contribution in [3.05, 3.63) is 42.0 Å². The number of morpholine rings is 1. The van der Waals surface area contributed by atoms with Crippen LogP contribution in [0, 0.1) is 0 Å². The van der Waals surface area contributed by atoms with Crippen molar-refractivity contribution in [2.24, 2.45) is 4.99 Å². The van der Waals surface area contributed by atoms with Crippen LogP contribution < -0.4 is 15.5 Å². The Hall–Kier alpha value is -2.01. The van der Waals surface area contributed by atoms with Crippen LogP contribution in [0.4, 0.5) is 5.69 Å². The summed E-state index contributed by atoms with van der Waals surface area (Å²) in [6.07, 6.45) is 6.59. The molecule has 0 spiro atoms. The Kier molecular flexibility index (Phi) is 5.53. The van der Waals surface area contributed by atoms with Gasteiger partial charge in [0.25, 0.3) is 0 Å². The monoisotopic (exact) mass is 314 g/mol. The van der Waals surface area contributed by atoms with Crippen LogP contribution in [0.1, 0.15) is 18.4 Å². The molecule has 124 valence electrons. The summed E-state index contributed by atoms with van der Waals surface area (Å²) >= 11 is 0. The first kappa shape index (κ1) is 15.9. The van der Waals surface area contributed by atoms with E-state index in [1.807, 2.05) is 7.05 Å². The molecule has 0 radical (unpaired) electrons. The predicted molar refractivity (Wildman–Crippen MR) is 95.0 cm³/mol. The van der Waals surface area contributed by atoms with E-state index in [1.54, 1.807) is 0 Å². The van der Waals surface area contributed by atoms with Crippen molar-refractivity contribution in [3.63, 3.8) is 0 Å². The SMILES string of the molecule is CN=C(NCc1ccccc1N1CCOCC1)NC1CC=CC1. The Morgan fingerprint density at radius 3 is 2.70 bits per heavy atom. The summed E-state index contributed by atoms with van der Waals surface area (Å²) in [4.78, 5) is 6.74. The van der Waals surface area contributed by atoms with Crippen LogP contribution in [0.2, 0.25) is 0 Å². The van der Waals surface area contributed by atoms with Crippen molar-refractivity contribution in [2.45, 2.75) is 25.4 Å². The Morgan fingerprint density at radius 2 is 1.96 bits per heavy atom. The first-order chi connectivity index (χ1) is 11.4. The van der Waals surface area contributed by atoms with Crippen molar-refractivity contribution >= 4 is 11.6 Å². The van der Waals surface area contributed by atoms with Crippen molar-refractivity contribution in [2.75, 3.05) is 38.3 Å². The standard InChI is InChI=1S/C18H26N4O/c1-19-18(21-16-7-3-4-8-16)20-14-15-6-2-5-9-17(15)22-10-12-23-13-11-22/h2-6,9,16H,7-8,10-14H2,1H3,(H2,19,20,21). The van der Waals surface area contributed by atoms with Crippen LogP contribution in [-0.4, -0.2) is 45.4 Å². The Bertz CT molecular complexity index is 556. The average Bonchev–Trinajstić information content (AvgIpc) is 3.12. The van der Waals surface area contributed by atoms with Gasteiger partial charge < -0.3 is 20.3 Å². The normalized spacial score (nSPS) is 19.2. The number of rotatable bonds is 4. The number of anilines is 1. The summed E-state index contributed by atoms with van der Waals surface area (Å²) in [5.41, 5.74) is 2.59. The molecular formula is C18H26N4O. The van der Waals surface area contributed by atoms with Gasteiger partial charge >= 0.3 is 0 Å². The molecule has 3 rings (SSSR count). The molecule has 1 aromatic rings. The van der Waals surface area contributed by atoms with Crippen molar-refractivity contribution < 1.29 is 4.74 Å². The van der Waals surface area contributed by atoms with Gasteiger partial charge in [0.2, 0.25) is 0 Å². The number of aliphatic imine (C=N–C) groups is 1. The summed E-state index contributed by atoms with van der Waals surface area (Å²) in [7, 11) is 1.82. The van der Waals surface area contributed by atoms with Gasteiger partial charge in [-0.25, -0.2) is 0 Å². The highest BCUT2D eigenvalue weighted by Crippen LogP contribution is 2.21. The van der Waals surface area contributed by atoms with Gasteiger partial charge in [0.05, 0.1) is 13.2 Å². The highest BCUT2D eigenvalue weighted by molar-refractivity contribution is 5.80. The summed E-state index contributed by atoms with van der Waals surface area (Å²) in [6.45, 7) is 4.29. The minimum atomic E-state index is 0.468. The van der Waals surface area contributed by atoms with Crippen LogP contribution in [0.25, 0.3) is 0 Å². The van der Waals surface area contributed by atoms with Crippen LogP contribution in [0.3, 0.4) is 0 Å². The lowest BCUT2D eigenvalue weighted by Gasteiger charge is -2.30. The number of hydrogen-bond acceptors (Lipinski definition) is 3. The van der Waals surface area contributed by atoms with Gasteiger partial charge in [-0.05, 0) is 24.5 Å². The highest BCUT2D eigenvalue weighted by atomic mass is 16.5. The molecule has 1 fully saturated rings. The van der Waals surface area contributed by atoms with Crippen LogP contribution in [-0.2, 0) is 11.3 Å². The van der Waals surface area contributed by atoms with E-state index in [1.165, 1.54) is 11.3 Å². The topological polar surface area (TPSA) is 48.9 Å². The second kappa shape index (κ2) is 8.02. The van der Waals surface area contributed by atoms with Crippen LogP contribution in [0.5, 0.6) is 0 Å². The molecule has 5 heteroatoms. The lowest BCUT2D eigenvalue weighted by atomic mass is 10.1. The minimum absolute atomic E-state index is 0.468. The van der Waals surface area contributed by atoms with Crippen LogP contribution >= 0.6 is 0 Å². The first-order valence-corrected chi connectivity index (χ1v) is 8.39. The summed E-state index contributed by atoms with van der Waals surface area (Å²) in [5.74, 6) is 0.871. The molecule has 1 aliphatic carbocycles. The van der Waals surface area contributed by atoms with Gasteiger partial charge in [0.1, 0.15) is 0 Å². The molecule has 0 saturated carbocycles. The number of para-hydroxylation sites is 1. The van der Waals surface area contributed by atoms with Gasteiger partial charge in [-0.15, -0.1) is 0 Å². The lowest BCUT2D eigenvalue weighted by Crippen LogP contribution is -2.42. The van der Waals surface area contributed by atoms with E-state index in [2.05, 4.69) is 56.9 Å². The Morgan fingerprint density at radius 1 is 1.22 bits per heavy atom. The molecule has 0 aromatic heterocycles. The lowest BCUT2D eigenvalue weighted by molar-refractivity contribution is 0.122. The van der Waals surface area contributed by atoms with Crippen molar-refractivity contribution in [3.8, 4) is 0 Å². The third-order valence-corrected chi connectivity index (χ3v) is 4.36. The number of ether oxygens (including phenoxy) is 1. The number of hydrogen-bond donors (Lipinski definition) is 2. The highest BCUT2D eigenvalue weighted by Gasteiger charge is 2.15. The summed E-state index contributed by atoms with van der Waals surface area (Å²) in [5, 5.41) is 6.92. The fraction of sp³-hybridized carbons (Fsp3) is 0.500. The molecule has 23 heavy (non-hydrogen) atoms. The molecule has 1 heterocycles. The Balaban J connectivity index is 1.60. The van der Waals surface area contributed by atoms with E-state index in [9.17, 15) is 0 Å². The fourth-order valence-electron chi connectivity index (χ4n) is 3.08. The van der Waals surface area contributed by atoms with E-state index in [4.69, 9.17) is 4.74 Å². The molecule has 0 unspecified atom stereocenters. The van der Waals surface area contributed by atoms with E-state index in [0.717, 1.165) is 51.6 Å². The second-order valence-electron chi connectivity index (χ2n) is 5.94. The fourth-order valence-corrected chi connectivity index (χ4v) is 3.08. The molecular weight excluding hydrogens is 288 g/mol. The summed E-state index contributed by atoms with van der Waals surface area (Å²) < 4.78 is 5.46. The number of guanidine groups is 1. The number of nitrogens with zero attached hydrogens (tertiary/aromatic N) is 2. The molecule has 0 atom stereocenters. The third kappa shape index (κ3) is 4.26. The number of benzene rings is 1. The van der Waals surface area contributed by atoms with Gasteiger partial charge in [0.15, 0.2) is 5.96 Å². The van der Waals surface area contributed by atoms with Gasteiger partial charge in [0, 0.05) is 38.4 Å². The zero-order valence-electron chi connectivity index (χ0n) is 13.8. The third-order valence-electron chi connectivity index (χ3n) is 4.36. The molecule has 1 aromatic carbocycles. The van der Waals surface area contributed by atoms with Crippen molar-refractivity contribution in [1.29, 1.82) is 0 Å². The van der Waals surface area contributed by atoms with Crippen LogP contribution in [0.15, 0.2) is 41.4 Å². The molecule has 2 aliphatic rings. The molecule has 5 nitrogen and oxygen atoms in total. The van der Waals surface area contributed by atoms with E-state index in [-0.39, 0.29) is 0 Å². The molecule has 0 amide bonds. The van der Waals surface area contributed by atoms with E-state index < -0.39 is 0 Å². The summed E-state index contributed by atoms with van der Waals surface area (Å²) in [6, 6.07) is 9.04. The molecule has 1 aliphatic heterocycles. The zero-order chi connectivity index (χ0) is 15.9. The molecule has 1 saturated heterocycles. The first-order valence-electron chi connectivity index (χ1n) is 8.39. The Labute approximate surface area is 138 Å². The molecule has 0 bridgehead atoms. The maximum absolute atomic E-state index is 5.46. The van der Waals surface area contributed by atoms with Gasteiger partial charge in [-0.1, -0.05) is 30.4 Å². The minimum Gasteiger partial charge on any atom is -0.378 e. The zero-order valence-corrected chi connectivity index (χ0v) is 13.8.